The fraction of sp³-hybridized carbons (Fsp3) is 0.158. The van der Waals surface area contributed by atoms with Crippen molar-refractivity contribution in [1.82, 2.24) is 40.3 Å². The lowest BCUT2D eigenvalue weighted by molar-refractivity contribution is 0.0951. The van der Waals surface area contributed by atoms with Gasteiger partial charge in [0.25, 0.3) is 5.91 Å². The predicted octanol–water partition coefficient (Wildman–Crippen LogP) is 1.79. The molecule has 3 aromatic heterocycles. The summed E-state index contributed by atoms with van der Waals surface area (Å²) >= 11 is 0. The molecule has 0 saturated carbocycles. The van der Waals surface area contributed by atoms with E-state index in [9.17, 15) is 4.79 Å². The van der Waals surface area contributed by atoms with E-state index in [1.807, 2.05) is 38.1 Å². The molecule has 1 amide bonds. The summed E-state index contributed by atoms with van der Waals surface area (Å²) in [6.45, 7) is 4.30. The Morgan fingerprint density at radius 2 is 2.04 bits per heavy atom. The lowest BCUT2D eigenvalue weighted by Gasteiger charge is -2.08. The van der Waals surface area contributed by atoms with Crippen molar-refractivity contribution in [2.45, 2.75) is 20.4 Å². The number of nitrogens with one attached hydrogen (secondary N) is 1. The summed E-state index contributed by atoms with van der Waals surface area (Å²) in [5.41, 5.74) is 4.11. The van der Waals surface area contributed by atoms with Crippen LogP contribution in [0.25, 0.3) is 11.5 Å². The second kappa shape index (κ2) is 7.39. The summed E-state index contributed by atoms with van der Waals surface area (Å²) in [4.78, 5) is 16.9. The number of tetrazole rings is 1. The van der Waals surface area contributed by atoms with Crippen LogP contribution >= 0.6 is 0 Å². The second-order valence-electron chi connectivity index (χ2n) is 6.35. The molecule has 4 rings (SSSR count). The second-order valence-corrected chi connectivity index (χ2v) is 6.35. The van der Waals surface area contributed by atoms with Gasteiger partial charge in [-0.2, -0.15) is 5.10 Å². The maximum Gasteiger partial charge on any atom is 0.251 e. The first-order valence-electron chi connectivity index (χ1n) is 8.70. The van der Waals surface area contributed by atoms with E-state index in [2.05, 4.69) is 30.9 Å². The van der Waals surface area contributed by atoms with Crippen LogP contribution < -0.4 is 5.32 Å². The highest BCUT2D eigenvalue weighted by molar-refractivity contribution is 5.94. The van der Waals surface area contributed by atoms with Gasteiger partial charge in [0.05, 0.1) is 11.4 Å². The normalized spacial score (nSPS) is 10.8. The minimum Gasteiger partial charge on any atom is -0.348 e. The summed E-state index contributed by atoms with van der Waals surface area (Å²) in [6, 6.07) is 12.9. The molecular formula is C19H18N8O. The van der Waals surface area contributed by atoms with Crippen molar-refractivity contribution in [2.24, 2.45) is 0 Å². The highest BCUT2D eigenvalue weighted by Crippen LogP contribution is 2.11. The number of amides is 1. The van der Waals surface area contributed by atoms with Gasteiger partial charge in [-0.3, -0.25) is 4.79 Å². The third kappa shape index (κ3) is 3.63. The van der Waals surface area contributed by atoms with E-state index in [0.717, 1.165) is 22.8 Å². The number of nitrogens with zero attached hydrogens (tertiary/aromatic N) is 7. The Kier molecular flexibility index (Phi) is 4.63. The topological polar surface area (TPSA) is 103 Å². The highest BCUT2D eigenvalue weighted by atomic mass is 16.1. The van der Waals surface area contributed by atoms with Crippen LogP contribution in [0.3, 0.4) is 0 Å². The van der Waals surface area contributed by atoms with Gasteiger partial charge in [-0.15, -0.1) is 5.10 Å². The minimum atomic E-state index is -0.183. The zero-order valence-electron chi connectivity index (χ0n) is 15.4. The molecule has 0 aliphatic heterocycles. The van der Waals surface area contributed by atoms with E-state index < -0.39 is 0 Å². The van der Waals surface area contributed by atoms with E-state index in [1.54, 1.807) is 29.1 Å². The molecule has 9 heteroatoms. The van der Waals surface area contributed by atoms with Crippen LogP contribution in [0.5, 0.6) is 0 Å². The molecule has 0 saturated heterocycles. The number of carbonyl (C=O) groups excluding carboxylic acids is 1. The van der Waals surface area contributed by atoms with Crippen molar-refractivity contribution in [3.8, 4) is 11.5 Å². The fourth-order valence-corrected chi connectivity index (χ4v) is 2.86. The Bertz CT molecular complexity index is 1100. The summed E-state index contributed by atoms with van der Waals surface area (Å²) in [5, 5.41) is 18.4. The van der Waals surface area contributed by atoms with Crippen LogP contribution in [0.1, 0.15) is 27.3 Å². The number of hydrogen-bond donors (Lipinski definition) is 1. The van der Waals surface area contributed by atoms with Gasteiger partial charge in [-0.25, -0.2) is 14.3 Å². The van der Waals surface area contributed by atoms with Gasteiger partial charge in [0.15, 0.2) is 5.82 Å². The van der Waals surface area contributed by atoms with E-state index in [0.29, 0.717) is 17.8 Å². The van der Waals surface area contributed by atoms with Crippen molar-refractivity contribution in [2.75, 3.05) is 0 Å². The van der Waals surface area contributed by atoms with Crippen molar-refractivity contribution in [3.05, 3.63) is 77.5 Å². The summed E-state index contributed by atoms with van der Waals surface area (Å²) in [6.07, 6.45) is 3.22. The fourth-order valence-electron chi connectivity index (χ4n) is 2.86. The molecule has 28 heavy (non-hydrogen) atoms. The largest absolute Gasteiger partial charge is 0.348 e. The van der Waals surface area contributed by atoms with Gasteiger partial charge in [-0.05, 0) is 60.2 Å². The number of aryl methyl sites for hydroxylation is 2. The van der Waals surface area contributed by atoms with Crippen molar-refractivity contribution >= 4 is 5.91 Å². The molecule has 9 nitrogen and oxygen atoms in total. The standard InChI is InChI=1S/C19H18N8O/c1-13-8-14(2)27(23-13)18-7-6-15(10-20-18)11-21-19(28)16-4-3-5-17(9-16)26-12-22-24-25-26/h3-10,12H,11H2,1-2H3,(H,21,28). The summed E-state index contributed by atoms with van der Waals surface area (Å²) in [5.74, 6) is 0.562. The van der Waals surface area contributed by atoms with Crippen LogP contribution in [0.4, 0.5) is 0 Å². The van der Waals surface area contributed by atoms with Gasteiger partial charge in [0, 0.05) is 24.0 Å². The summed E-state index contributed by atoms with van der Waals surface area (Å²) in [7, 11) is 0. The van der Waals surface area contributed by atoms with Gasteiger partial charge in [0.2, 0.25) is 0 Å². The summed E-state index contributed by atoms with van der Waals surface area (Å²) < 4.78 is 3.29. The molecule has 1 N–H and O–H groups in total. The predicted molar refractivity (Wildman–Crippen MR) is 101 cm³/mol. The lowest BCUT2D eigenvalue weighted by atomic mass is 10.2. The molecule has 4 aromatic rings. The minimum absolute atomic E-state index is 0.183. The molecule has 0 aliphatic carbocycles. The number of benzene rings is 1. The van der Waals surface area contributed by atoms with Crippen LogP contribution in [-0.2, 0) is 6.54 Å². The molecule has 0 spiro atoms. The average Bonchev–Trinajstić information content (AvgIpc) is 3.36. The maximum atomic E-state index is 12.5. The van der Waals surface area contributed by atoms with E-state index in [1.165, 1.54) is 11.0 Å². The number of hydrogen-bond acceptors (Lipinski definition) is 6. The average molecular weight is 374 g/mol. The smallest absolute Gasteiger partial charge is 0.251 e. The first-order chi connectivity index (χ1) is 13.6. The van der Waals surface area contributed by atoms with Crippen LogP contribution in [-0.4, -0.2) is 40.9 Å². The molecule has 0 bridgehead atoms. The molecule has 140 valence electrons. The Morgan fingerprint density at radius 3 is 2.71 bits per heavy atom. The Balaban J connectivity index is 1.42. The Morgan fingerprint density at radius 1 is 1.14 bits per heavy atom. The Hall–Kier alpha value is -3.88. The molecule has 0 radical (unpaired) electrons. The van der Waals surface area contributed by atoms with Crippen LogP contribution in [0.2, 0.25) is 0 Å². The third-order valence-corrected chi connectivity index (χ3v) is 4.21. The van der Waals surface area contributed by atoms with Crippen LogP contribution in [0.15, 0.2) is 55.0 Å². The molecule has 0 aliphatic rings. The van der Waals surface area contributed by atoms with Crippen molar-refractivity contribution < 1.29 is 4.79 Å². The van der Waals surface area contributed by atoms with Gasteiger partial charge in [-0.1, -0.05) is 12.1 Å². The first kappa shape index (κ1) is 17.5. The quantitative estimate of drug-likeness (QED) is 0.571. The van der Waals surface area contributed by atoms with E-state index in [-0.39, 0.29) is 5.91 Å². The molecule has 0 fully saturated rings. The lowest BCUT2D eigenvalue weighted by Crippen LogP contribution is -2.23. The molecule has 0 unspecified atom stereocenters. The number of aromatic nitrogens is 7. The molecule has 1 aromatic carbocycles. The van der Waals surface area contributed by atoms with E-state index >= 15 is 0 Å². The van der Waals surface area contributed by atoms with Gasteiger partial charge in [0.1, 0.15) is 6.33 Å². The Labute approximate surface area is 161 Å². The van der Waals surface area contributed by atoms with Crippen LogP contribution in [0, 0.1) is 13.8 Å². The van der Waals surface area contributed by atoms with Crippen molar-refractivity contribution in [3.63, 3.8) is 0 Å². The number of rotatable bonds is 5. The third-order valence-electron chi connectivity index (χ3n) is 4.21. The highest BCUT2D eigenvalue weighted by Gasteiger charge is 2.09. The zero-order chi connectivity index (χ0) is 19.5. The zero-order valence-corrected chi connectivity index (χ0v) is 15.4. The SMILES string of the molecule is Cc1cc(C)n(-c2ccc(CNC(=O)c3cccc(-n4cnnn4)c3)cn2)n1. The van der Waals surface area contributed by atoms with Gasteiger partial charge < -0.3 is 5.32 Å². The molecule has 0 atom stereocenters. The maximum absolute atomic E-state index is 12.5. The first-order valence-corrected chi connectivity index (χ1v) is 8.70. The number of carbonyl (C=O) groups is 1. The monoisotopic (exact) mass is 374 g/mol. The van der Waals surface area contributed by atoms with Gasteiger partial charge >= 0.3 is 0 Å². The number of pyridine rings is 1. The van der Waals surface area contributed by atoms with E-state index in [4.69, 9.17) is 0 Å². The van der Waals surface area contributed by atoms with Crippen molar-refractivity contribution in [1.29, 1.82) is 0 Å². The molecule has 3 heterocycles. The molecular weight excluding hydrogens is 356 g/mol.